The maximum atomic E-state index is 11.0. The summed E-state index contributed by atoms with van der Waals surface area (Å²) in [4.78, 5) is 2.17. The second kappa shape index (κ2) is 12.4. The van der Waals surface area contributed by atoms with E-state index in [1.807, 2.05) is 97.1 Å². The number of allylic oxidation sites excluding steroid dienone is 2. The molecule has 0 spiro atoms. The van der Waals surface area contributed by atoms with Crippen LogP contribution in [0.3, 0.4) is 0 Å². The maximum Gasteiger partial charge on any atom is 0.102 e. The summed E-state index contributed by atoms with van der Waals surface area (Å²) < 4.78 is 0. The van der Waals surface area contributed by atoms with Crippen LogP contribution < -0.4 is 4.90 Å². The van der Waals surface area contributed by atoms with Gasteiger partial charge in [0.2, 0.25) is 0 Å². The first-order valence-corrected chi connectivity index (χ1v) is 16.2. The van der Waals surface area contributed by atoms with Crippen molar-refractivity contribution in [2.45, 2.75) is 12.0 Å². The molecule has 0 amide bonds. The SMILES string of the molecule is N#Cc1c(-c2ccccc2)c(C#N)c(N2c3ccc(-c4ccccc4)cc3C3C=C(c4ccccc4)C=CC32)c(C#N)c1-c1ccccc1. The number of nitriles is 3. The molecule has 8 rings (SSSR count). The number of hydrogen-bond acceptors (Lipinski definition) is 4. The van der Waals surface area contributed by atoms with Crippen molar-refractivity contribution in [2.75, 3.05) is 4.90 Å². The number of rotatable bonds is 5. The van der Waals surface area contributed by atoms with Crippen LogP contribution in [0, 0.1) is 34.0 Å². The van der Waals surface area contributed by atoms with Gasteiger partial charge in [-0.1, -0.05) is 146 Å². The van der Waals surface area contributed by atoms with E-state index in [0.717, 1.165) is 44.6 Å². The fourth-order valence-corrected chi connectivity index (χ4v) is 7.39. The topological polar surface area (TPSA) is 74.6 Å². The van der Waals surface area contributed by atoms with Crippen LogP contribution in [-0.4, -0.2) is 6.04 Å². The van der Waals surface area contributed by atoms with E-state index in [0.29, 0.717) is 33.5 Å². The summed E-state index contributed by atoms with van der Waals surface area (Å²) in [5.74, 6) is -0.0621. The summed E-state index contributed by atoms with van der Waals surface area (Å²) in [5.41, 5.74) is 10.5. The molecule has 6 aromatic rings. The van der Waals surface area contributed by atoms with Gasteiger partial charge in [0.25, 0.3) is 0 Å². The van der Waals surface area contributed by atoms with Crippen LogP contribution in [0.1, 0.15) is 33.7 Å². The van der Waals surface area contributed by atoms with E-state index in [-0.39, 0.29) is 12.0 Å². The zero-order valence-electron chi connectivity index (χ0n) is 26.5. The highest BCUT2D eigenvalue weighted by atomic mass is 15.2. The van der Waals surface area contributed by atoms with Gasteiger partial charge in [0.15, 0.2) is 0 Å². The number of anilines is 2. The normalized spacial score (nSPS) is 15.7. The zero-order valence-corrected chi connectivity index (χ0v) is 26.5. The maximum absolute atomic E-state index is 11.0. The molecule has 0 N–H and O–H groups in total. The zero-order chi connectivity index (χ0) is 33.3. The number of fused-ring (bicyclic) bond motifs is 3. The Kier molecular flexibility index (Phi) is 7.43. The fraction of sp³-hybridized carbons (Fsp3) is 0.0444. The van der Waals surface area contributed by atoms with Crippen LogP contribution in [0.4, 0.5) is 11.4 Å². The Bertz CT molecular complexity index is 2330. The average molecular weight is 625 g/mol. The van der Waals surface area contributed by atoms with E-state index < -0.39 is 0 Å². The van der Waals surface area contributed by atoms with Gasteiger partial charge in [-0.2, -0.15) is 15.8 Å². The molecule has 0 fully saturated rings. The van der Waals surface area contributed by atoms with Gasteiger partial charge in [-0.15, -0.1) is 0 Å². The minimum Gasteiger partial charge on any atom is -0.331 e. The molecule has 1 aliphatic carbocycles. The molecule has 2 aliphatic rings. The molecule has 2 unspecified atom stereocenters. The predicted octanol–water partition coefficient (Wildman–Crippen LogP) is 10.6. The summed E-state index contributed by atoms with van der Waals surface area (Å²) in [5, 5.41) is 32.8. The number of benzene rings is 6. The lowest BCUT2D eigenvalue weighted by molar-refractivity contribution is 0.746. The molecule has 1 heterocycles. The van der Waals surface area contributed by atoms with Crippen molar-refractivity contribution in [3.63, 3.8) is 0 Å². The molecule has 4 heteroatoms. The minimum atomic E-state index is -0.215. The molecule has 1 aliphatic heterocycles. The van der Waals surface area contributed by atoms with Crippen LogP contribution in [0.2, 0.25) is 0 Å². The van der Waals surface area contributed by atoms with Crippen LogP contribution in [0.25, 0.3) is 39.0 Å². The number of hydrogen-bond donors (Lipinski definition) is 0. The quantitative estimate of drug-likeness (QED) is 0.191. The highest BCUT2D eigenvalue weighted by molar-refractivity contribution is 5.99. The van der Waals surface area contributed by atoms with E-state index >= 15 is 0 Å². The van der Waals surface area contributed by atoms with E-state index in [9.17, 15) is 15.8 Å². The summed E-state index contributed by atoms with van der Waals surface area (Å²) in [7, 11) is 0. The molecule has 0 bridgehead atoms. The summed E-state index contributed by atoms with van der Waals surface area (Å²) >= 11 is 0. The van der Waals surface area contributed by atoms with Crippen molar-refractivity contribution in [3.8, 4) is 51.6 Å². The highest BCUT2D eigenvalue weighted by Gasteiger charge is 2.42. The van der Waals surface area contributed by atoms with E-state index in [1.54, 1.807) is 0 Å². The smallest absolute Gasteiger partial charge is 0.102 e. The summed E-state index contributed by atoms with van der Waals surface area (Å²) in [6.45, 7) is 0. The third kappa shape index (κ3) is 4.90. The predicted molar refractivity (Wildman–Crippen MR) is 196 cm³/mol. The molecule has 0 saturated carbocycles. The average Bonchev–Trinajstić information content (AvgIpc) is 3.50. The Morgan fingerprint density at radius 1 is 0.490 bits per heavy atom. The van der Waals surface area contributed by atoms with Gasteiger partial charge in [-0.25, -0.2) is 0 Å². The van der Waals surface area contributed by atoms with Gasteiger partial charge in [0.1, 0.15) is 18.2 Å². The van der Waals surface area contributed by atoms with Gasteiger partial charge in [-0.3, -0.25) is 0 Å². The Morgan fingerprint density at radius 2 is 0.980 bits per heavy atom. The van der Waals surface area contributed by atoms with Gasteiger partial charge in [-0.05, 0) is 51.1 Å². The third-order valence-corrected chi connectivity index (χ3v) is 9.53. The first-order valence-electron chi connectivity index (χ1n) is 16.2. The van der Waals surface area contributed by atoms with Crippen molar-refractivity contribution in [2.24, 2.45) is 0 Å². The molecule has 228 valence electrons. The molecule has 4 nitrogen and oxygen atoms in total. The lowest BCUT2D eigenvalue weighted by Gasteiger charge is -2.33. The van der Waals surface area contributed by atoms with E-state index in [2.05, 4.69) is 83.8 Å². The summed E-state index contributed by atoms with van der Waals surface area (Å²) in [6, 6.07) is 53.4. The lowest BCUT2D eigenvalue weighted by atomic mass is 9.83. The third-order valence-electron chi connectivity index (χ3n) is 9.53. The van der Waals surface area contributed by atoms with Crippen LogP contribution in [0.5, 0.6) is 0 Å². The molecule has 2 atom stereocenters. The molecule has 6 aromatic carbocycles. The summed E-state index contributed by atoms with van der Waals surface area (Å²) in [6.07, 6.45) is 6.65. The van der Waals surface area contributed by atoms with Crippen LogP contribution >= 0.6 is 0 Å². The molecular formula is C45H28N4. The highest BCUT2D eigenvalue weighted by Crippen LogP contribution is 2.54. The molecular weight excluding hydrogens is 597 g/mol. The van der Waals surface area contributed by atoms with Crippen molar-refractivity contribution in [3.05, 3.63) is 186 Å². The Labute approximate surface area is 286 Å². The van der Waals surface area contributed by atoms with Crippen molar-refractivity contribution in [1.82, 2.24) is 0 Å². The molecule has 0 radical (unpaired) electrons. The molecule has 0 saturated heterocycles. The van der Waals surface area contributed by atoms with Crippen molar-refractivity contribution >= 4 is 16.9 Å². The molecule has 49 heavy (non-hydrogen) atoms. The lowest BCUT2D eigenvalue weighted by Crippen LogP contribution is -2.30. The van der Waals surface area contributed by atoms with Crippen LogP contribution in [-0.2, 0) is 0 Å². The largest absolute Gasteiger partial charge is 0.331 e. The monoisotopic (exact) mass is 624 g/mol. The minimum absolute atomic E-state index is 0.0621. The van der Waals surface area contributed by atoms with Gasteiger partial charge in [0, 0.05) is 22.7 Å². The second-order valence-corrected chi connectivity index (χ2v) is 12.2. The first-order chi connectivity index (χ1) is 24.2. The van der Waals surface area contributed by atoms with E-state index in [1.165, 1.54) is 0 Å². The van der Waals surface area contributed by atoms with Crippen LogP contribution in [0.15, 0.2) is 158 Å². The Hall–Kier alpha value is -6.93. The fourth-order valence-electron chi connectivity index (χ4n) is 7.39. The van der Waals surface area contributed by atoms with Gasteiger partial charge < -0.3 is 4.90 Å². The second-order valence-electron chi connectivity index (χ2n) is 12.2. The van der Waals surface area contributed by atoms with E-state index in [4.69, 9.17) is 0 Å². The van der Waals surface area contributed by atoms with Crippen molar-refractivity contribution < 1.29 is 0 Å². The Balaban J connectivity index is 1.45. The van der Waals surface area contributed by atoms with Gasteiger partial charge in [0.05, 0.1) is 28.4 Å². The van der Waals surface area contributed by atoms with Gasteiger partial charge >= 0.3 is 0 Å². The van der Waals surface area contributed by atoms with Crippen molar-refractivity contribution in [1.29, 1.82) is 15.8 Å². The standard InChI is InChI=1S/C45H28N4/c46-27-38-43(32-17-9-3-10-18-32)39(28-47)45(40(29-48)44(38)33-19-11-4-12-20-33)49-41-23-21-34(30-13-5-1-6-14-30)25-36(41)37-26-35(22-24-42(37)49)31-15-7-2-8-16-31/h1-26,36,41H. The number of nitrogens with zero attached hydrogens (tertiary/aromatic N) is 4. The molecule has 0 aromatic heterocycles. The first kappa shape index (κ1) is 29.5. The Morgan fingerprint density at radius 3 is 1.49 bits per heavy atom.